The molecule has 3 atom stereocenters. The second-order valence-electron chi connectivity index (χ2n) is 5.44. The summed E-state index contributed by atoms with van der Waals surface area (Å²) >= 11 is -1.63. The molecule has 0 fully saturated rings. The lowest BCUT2D eigenvalue weighted by atomic mass is 10.2. The van der Waals surface area contributed by atoms with E-state index in [1.165, 1.54) is 0 Å². The first-order chi connectivity index (χ1) is 10.8. The van der Waals surface area contributed by atoms with Crippen LogP contribution in [0.1, 0.15) is 12.5 Å². The summed E-state index contributed by atoms with van der Waals surface area (Å²) in [6.07, 6.45) is -1.78. The lowest BCUT2D eigenvalue weighted by Crippen LogP contribution is -2.30. The first-order valence-corrected chi connectivity index (χ1v) is 8.15. The van der Waals surface area contributed by atoms with Gasteiger partial charge in [-0.2, -0.15) is 0 Å². The number of nitrogens with two attached hydrogens (primary N) is 1. The van der Waals surface area contributed by atoms with Crippen LogP contribution in [0, 0.1) is 0 Å². The van der Waals surface area contributed by atoms with Gasteiger partial charge in [0.2, 0.25) is 17.5 Å². The van der Waals surface area contributed by atoms with E-state index in [2.05, 4.69) is 13.7 Å². The monoisotopic (exact) mass is 339 g/mol. The van der Waals surface area contributed by atoms with Crippen molar-refractivity contribution in [2.75, 3.05) is 19.8 Å². The number of hydrogen-bond donors (Lipinski definition) is 3. The molecule has 2 rings (SSSR count). The van der Waals surface area contributed by atoms with Crippen LogP contribution in [0.3, 0.4) is 0 Å². The summed E-state index contributed by atoms with van der Waals surface area (Å²) in [7, 11) is 3.96. The summed E-state index contributed by atoms with van der Waals surface area (Å²) in [5.74, 6) is 0.605. The molecule has 4 N–H and O–H groups in total. The topological polar surface area (TPSA) is 123 Å². The van der Waals surface area contributed by atoms with Crippen molar-refractivity contribution in [1.29, 1.82) is 0 Å². The van der Waals surface area contributed by atoms with E-state index in [-0.39, 0.29) is 11.3 Å². The number of ether oxygens (including phenoxy) is 1. The molecular formula is C14H21N5O3S. The van der Waals surface area contributed by atoms with E-state index in [1.807, 2.05) is 37.2 Å². The molecule has 0 aliphatic heterocycles. The minimum atomic E-state index is -1.63. The number of aliphatic hydroxyl groups excluding tert-OH is 1. The molecule has 0 amide bonds. The first-order valence-electron chi connectivity index (χ1n) is 7.04. The highest BCUT2D eigenvalue weighted by Crippen LogP contribution is 2.17. The maximum Gasteiger partial charge on any atom is 0.229 e. The van der Waals surface area contributed by atoms with Crippen molar-refractivity contribution >= 4 is 17.0 Å². The van der Waals surface area contributed by atoms with Gasteiger partial charge in [0.25, 0.3) is 0 Å². The summed E-state index contributed by atoms with van der Waals surface area (Å²) in [6, 6.07) is 7.53. The molecule has 0 radical (unpaired) electrons. The normalized spacial score (nSPS) is 15.7. The SMILES string of the molecule is CC(O)C(N=c1[nH][s+]([O-])nc1N)Oc1cccc(CN(C)C)c1. The Labute approximate surface area is 137 Å². The number of aromatic nitrogens is 2. The highest BCUT2D eigenvalue weighted by Gasteiger charge is 2.17. The molecule has 2 aromatic rings. The summed E-state index contributed by atoms with van der Waals surface area (Å²) in [4.78, 5) is 6.21. The zero-order chi connectivity index (χ0) is 17.0. The lowest BCUT2D eigenvalue weighted by Gasteiger charge is -2.18. The smallest absolute Gasteiger partial charge is 0.229 e. The van der Waals surface area contributed by atoms with Gasteiger partial charge >= 0.3 is 0 Å². The van der Waals surface area contributed by atoms with Gasteiger partial charge in [-0.15, -0.1) is 4.37 Å². The van der Waals surface area contributed by atoms with Gasteiger partial charge in [0.1, 0.15) is 11.9 Å². The molecular weight excluding hydrogens is 318 g/mol. The average Bonchev–Trinajstić information content (AvgIpc) is 2.75. The van der Waals surface area contributed by atoms with Crippen LogP contribution in [0.4, 0.5) is 5.82 Å². The number of nitrogen functional groups attached to an aromatic ring is 1. The number of rotatable bonds is 6. The number of anilines is 1. The van der Waals surface area contributed by atoms with Crippen LogP contribution in [-0.4, -0.2) is 49.7 Å². The van der Waals surface area contributed by atoms with E-state index in [0.29, 0.717) is 5.75 Å². The van der Waals surface area contributed by atoms with Gasteiger partial charge in [-0.1, -0.05) is 12.1 Å². The Morgan fingerprint density at radius 1 is 1.52 bits per heavy atom. The molecule has 0 saturated carbocycles. The molecule has 23 heavy (non-hydrogen) atoms. The highest BCUT2D eigenvalue weighted by molar-refractivity contribution is 7.13. The molecule has 0 aliphatic carbocycles. The van der Waals surface area contributed by atoms with E-state index in [9.17, 15) is 9.66 Å². The van der Waals surface area contributed by atoms with Crippen molar-refractivity contribution in [3.63, 3.8) is 0 Å². The van der Waals surface area contributed by atoms with Crippen LogP contribution in [-0.2, 0) is 6.54 Å². The first kappa shape index (κ1) is 17.4. The Bertz CT molecular complexity index is 710. The number of H-pyrrole nitrogens is 1. The molecule has 1 aromatic carbocycles. The second-order valence-corrected chi connectivity index (χ2v) is 6.32. The molecule has 126 valence electrons. The number of hydrogen-bond acceptors (Lipinski definition) is 7. The Morgan fingerprint density at radius 2 is 2.26 bits per heavy atom. The third-order valence-electron chi connectivity index (χ3n) is 2.93. The van der Waals surface area contributed by atoms with Gasteiger partial charge in [0.05, 0.1) is 0 Å². The van der Waals surface area contributed by atoms with Crippen molar-refractivity contribution in [2.45, 2.75) is 25.8 Å². The maximum absolute atomic E-state index is 11.3. The van der Waals surface area contributed by atoms with Crippen LogP contribution >= 0.6 is 11.1 Å². The minimum absolute atomic E-state index is 0.0268. The number of nitrogens with one attached hydrogen (secondary N) is 1. The van der Waals surface area contributed by atoms with E-state index in [4.69, 9.17) is 10.5 Å². The zero-order valence-electron chi connectivity index (χ0n) is 13.3. The molecule has 3 unspecified atom stereocenters. The number of benzene rings is 1. The van der Waals surface area contributed by atoms with Crippen LogP contribution < -0.4 is 16.0 Å². The Hall–Kier alpha value is -1.94. The molecule has 0 saturated heterocycles. The number of nitrogens with zero attached hydrogens (tertiary/aromatic N) is 3. The minimum Gasteiger partial charge on any atom is -0.548 e. The number of aliphatic hydroxyl groups is 1. The van der Waals surface area contributed by atoms with Crippen LogP contribution in [0.15, 0.2) is 29.3 Å². The Kier molecular flexibility index (Phi) is 5.72. The van der Waals surface area contributed by atoms with Crippen molar-refractivity contribution in [3.05, 3.63) is 35.3 Å². The molecule has 0 aliphatic rings. The second kappa shape index (κ2) is 7.55. The van der Waals surface area contributed by atoms with E-state index >= 15 is 0 Å². The standard InChI is InChI=1S/C14H21N5O3S/c1-9(20)14(16-13-12(15)17-23(21)18-13)22-11-6-4-5-10(7-11)8-19(2)3/h4-7,9,14,20H,8H2,1-3H3,(H2,15,17)(H,16,18). The Morgan fingerprint density at radius 3 is 2.83 bits per heavy atom. The highest BCUT2D eigenvalue weighted by atomic mass is 32.2. The lowest BCUT2D eigenvalue weighted by molar-refractivity contribution is 0.0517. The van der Waals surface area contributed by atoms with Crippen LogP contribution in [0.5, 0.6) is 5.75 Å². The van der Waals surface area contributed by atoms with E-state index in [0.717, 1.165) is 12.1 Å². The molecule has 1 aromatic heterocycles. The summed E-state index contributed by atoms with van der Waals surface area (Å²) < 4.78 is 23.1. The fraction of sp³-hybridized carbons (Fsp3) is 0.429. The zero-order valence-corrected chi connectivity index (χ0v) is 14.1. The molecule has 1 heterocycles. The van der Waals surface area contributed by atoms with Gasteiger partial charge in [0, 0.05) is 10.9 Å². The molecule has 8 nitrogen and oxygen atoms in total. The van der Waals surface area contributed by atoms with Gasteiger partial charge in [-0.3, -0.25) is 0 Å². The fourth-order valence-corrected chi connectivity index (χ4v) is 2.60. The summed E-state index contributed by atoms with van der Waals surface area (Å²) in [5, 5.41) is 9.88. The molecule has 0 bridgehead atoms. The van der Waals surface area contributed by atoms with Gasteiger partial charge in [0.15, 0.2) is 11.1 Å². The third-order valence-corrected chi connectivity index (χ3v) is 3.66. The van der Waals surface area contributed by atoms with Gasteiger partial charge < -0.3 is 25.0 Å². The van der Waals surface area contributed by atoms with E-state index < -0.39 is 23.5 Å². The maximum atomic E-state index is 11.3. The Balaban J connectivity index is 2.23. The van der Waals surface area contributed by atoms with Crippen molar-refractivity contribution < 1.29 is 14.4 Å². The van der Waals surface area contributed by atoms with Gasteiger partial charge in [-0.05, 0) is 38.7 Å². The van der Waals surface area contributed by atoms with E-state index in [1.54, 1.807) is 13.0 Å². The summed E-state index contributed by atoms with van der Waals surface area (Å²) in [5.41, 5.74) is 6.84. The van der Waals surface area contributed by atoms with Crippen molar-refractivity contribution in [2.24, 2.45) is 4.99 Å². The molecule has 0 spiro atoms. The quantitative estimate of drug-likeness (QED) is 0.657. The average molecular weight is 339 g/mol. The largest absolute Gasteiger partial charge is 0.548 e. The predicted molar refractivity (Wildman–Crippen MR) is 87.1 cm³/mol. The van der Waals surface area contributed by atoms with Crippen molar-refractivity contribution in [1.82, 2.24) is 13.6 Å². The van der Waals surface area contributed by atoms with Crippen molar-refractivity contribution in [3.8, 4) is 5.75 Å². The molecule has 9 heteroatoms. The summed E-state index contributed by atoms with van der Waals surface area (Å²) in [6.45, 7) is 2.32. The predicted octanol–water partition coefficient (Wildman–Crippen LogP) is 0.468. The fourth-order valence-electron chi connectivity index (χ4n) is 1.96. The third kappa shape index (κ3) is 5.03. The van der Waals surface area contributed by atoms with Crippen LogP contribution in [0.2, 0.25) is 0 Å². The van der Waals surface area contributed by atoms with Crippen LogP contribution in [0.25, 0.3) is 0 Å². The number of aromatic amines is 1. The van der Waals surface area contributed by atoms with Gasteiger partial charge in [-0.25, -0.2) is 4.99 Å².